The quantitative estimate of drug-likeness (QED) is 0.242. The average Bonchev–Trinajstić information content (AvgIpc) is 3.65. The molecule has 43 heavy (non-hydrogen) atoms. The maximum atomic E-state index is 13.5. The molecular weight excluding hydrogens is 556 g/mol. The van der Waals surface area contributed by atoms with E-state index in [0.29, 0.717) is 17.3 Å². The topological polar surface area (TPSA) is 88.5 Å². The Morgan fingerprint density at radius 2 is 1.74 bits per heavy atom. The van der Waals surface area contributed by atoms with Crippen LogP contribution in [0.15, 0.2) is 36.4 Å². The number of thiophene rings is 1. The van der Waals surface area contributed by atoms with Gasteiger partial charge in [0, 0.05) is 27.3 Å². The summed E-state index contributed by atoms with van der Waals surface area (Å²) in [7, 11) is 0. The molecule has 2 heterocycles. The molecule has 0 bridgehead atoms. The number of carboxylic acids is 1. The first-order valence-corrected chi connectivity index (χ1v) is 17.0. The summed E-state index contributed by atoms with van der Waals surface area (Å²) in [5.41, 5.74) is 1.52. The Morgan fingerprint density at radius 3 is 2.37 bits per heavy atom. The number of pyridine rings is 1. The molecule has 232 valence electrons. The summed E-state index contributed by atoms with van der Waals surface area (Å²) in [6.07, 6.45) is 10.6. The molecule has 1 aromatic carbocycles. The van der Waals surface area contributed by atoms with Gasteiger partial charge in [0.15, 0.2) is 0 Å². The van der Waals surface area contributed by atoms with Gasteiger partial charge in [-0.25, -0.2) is 9.78 Å². The molecule has 3 aromatic rings. The van der Waals surface area contributed by atoms with Crippen molar-refractivity contribution in [2.75, 3.05) is 0 Å². The number of aliphatic carboxylic acids is 1. The monoisotopic (exact) mass is 604 g/mol. The van der Waals surface area contributed by atoms with Gasteiger partial charge < -0.3 is 15.2 Å². The molecule has 2 aliphatic rings. The normalized spacial score (nSPS) is 20.4. The average molecular weight is 605 g/mol. The number of carbonyl (C=O) groups excluding carboxylic acids is 1. The van der Waals surface area contributed by atoms with Crippen molar-refractivity contribution in [2.45, 2.75) is 117 Å². The molecule has 2 aromatic heterocycles. The molecule has 0 unspecified atom stereocenters. The molecule has 2 N–H and O–H groups in total. The van der Waals surface area contributed by atoms with Crippen molar-refractivity contribution in [1.82, 2.24) is 10.3 Å². The lowest BCUT2D eigenvalue weighted by Gasteiger charge is -2.37. The lowest BCUT2D eigenvalue weighted by atomic mass is 9.72. The Balaban J connectivity index is 1.35. The van der Waals surface area contributed by atoms with Gasteiger partial charge in [0.2, 0.25) is 0 Å². The standard InChI is InChI=1S/C36H48N2O4S/c1-22(2)33-17-16-28(43-33)21-32(35(40)41)38-34(39)31-19-24-10-13-27(42-26-14-11-25(12-15-26)36(3,4)5)20-29(24)30(37-31)18-23-8-6-7-9-23/h10,13,16-17,19-20,22-23,25-26,32H,6-9,11-12,14-15,18,21H2,1-5H3,(H,38,39)(H,40,41)/t25?,26?,32-/m0/s1. The van der Waals surface area contributed by atoms with E-state index in [0.717, 1.165) is 52.3 Å². The van der Waals surface area contributed by atoms with Crippen LogP contribution in [0.3, 0.4) is 0 Å². The van der Waals surface area contributed by atoms with Crippen LogP contribution in [0.25, 0.3) is 10.8 Å². The van der Waals surface area contributed by atoms with E-state index in [4.69, 9.17) is 9.72 Å². The third-order valence-electron chi connectivity index (χ3n) is 9.53. The minimum atomic E-state index is -1.04. The van der Waals surface area contributed by atoms with E-state index < -0.39 is 17.9 Å². The van der Waals surface area contributed by atoms with E-state index in [9.17, 15) is 14.7 Å². The number of nitrogens with zero attached hydrogens (tertiary/aromatic N) is 1. The predicted octanol–water partition coefficient (Wildman–Crippen LogP) is 8.56. The molecule has 2 aliphatic carbocycles. The maximum Gasteiger partial charge on any atom is 0.326 e. The third-order valence-corrected chi connectivity index (χ3v) is 10.9. The zero-order valence-corrected chi connectivity index (χ0v) is 27.3. The van der Waals surface area contributed by atoms with E-state index in [1.54, 1.807) is 17.4 Å². The second-order valence-corrected chi connectivity index (χ2v) is 15.4. The first-order chi connectivity index (χ1) is 20.5. The molecule has 1 amide bonds. The molecule has 2 saturated carbocycles. The highest BCUT2D eigenvalue weighted by Crippen LogP contribution is 2.39. The van der Waals surface area contributed by atoms with Gasteiger partial charge in [-0.1, -0.05) is 66.4 Å². The number of rotatable bonds is 10. The molecule has 0 radical (unpaired) electrons. The minimum Gasteiger partial charge on any atom is -0.490 e. The first-order valence-electron chi connectivity index (χ1n) is 16.2. The maximum absolute atomic E-state index is 13.5. The summed E-state index contributed by atoms with van der Waals surface area (Å²) < 4.78 is 6.51. The first kappa shape index (κ1) is 31.5. The third kappa shape index (κ3) is 7.97. The van der Waals surface area contributed by atoms with Crippen molar-refractivity contribution >= 4 is 34.0 Å². The van der Waals surface area contributed by atoms with Crippen LogP contribution in [0.2, 0.25) is 0 Å². The molecule has 7 heteroatoms. The van der Waals surface area contributed by atoms with Gasteiger partial charge in [-0.05, 0) is 91.0 Å². The van der Waals surface area contributed by atoms with Gasteiger partial charge in [-0.2, -0.15) is 0 Å². The molecule has 0 aliphatic heterocycles. The van der Waals surface area contributed by atoms with E-state index >= 15 is 0 Å². The Kier molecular flexibility index (Phi) is 9.79. The summed E-state index contributed by atoms with van der Waals surface area (Å²) in [6.45, 7) is 11.2. The van der Waals surface area contributed by atoms with E-state index in [-0.39, 0.29) is 18.2 Å². The lowest BCUT2D eigenvalue weighted by Crippen LogP contribution is -2.42. The lowest BCUT2D eigenvalue weighted by molar-refractivity contribution is -0.139. The van der Waals surface area contributed by atoms with Gasteiger partial charge in [-0.15, -0.1) is 11.3 Å². The van der Waals surface area contributed by atoms with Crippen LogP contribution in [0.4, 0.5) is 0 Å². The zero-order valence-electron chi connectivity index (χ0n) is 26.4. The van der Waals surface area contributed by atoms with Gasteiger partial charge in [0.1, 0.15) is 17.5 Å². The van der Waals surface area contributed by atoms with Crippen LogP contribution in [-0.2, 0) is 17.6 Å². The minimum absolute atomic E-state index is 0.222. The van der Waals surface area contributed by atoms with Crippen LogP contribution < -0.4 is 10.1 Å². The van der Waals surface area contributed by atoms with E-state index in [1.165, 1.54) is 43.4 Å². The zero-order chi connectivity index (χ0) is 30.7. The number of amides is 1. The predicted molar refractivity (Wildman–Crippen MR) is 174 cm³/mol. The number of nitrogens with one attached hydrogen (secondary N) is 1. The highest BCUT2D eigenvalue weighted by molar-refractivity contribution is 7.12. The van der Waals surface area contributed by atoms with Crippen molar-refractivity contribution in [3.05, 3.63) is 57.5 Å². The number of aromatic nitrogens is 1. The molecule has 2 fully saturated rings. The van der Waals surface area contributed by atoms with Crippen LogP contribution in [0.1, 0.15) is 118 Å². The van der Waals surface area contributed by atoms with Crippen molar-refractivity contribution in [2.24, 2.45) is 17.3 Å². The van der Waals surface area contributed by atoms with Crippen LogP contribution in [-0.4, -0.2) is 34.1 Å². The number of hydrogen-bond donors (Lipinski definition) is 2. The number of ether oxygens (including phenoxy) is 1. The number of fused-ring (bicyclic) bond motifs is 1. The highest BCUT2D eigenvalue weighted by atomic mass is 32.1. The fourth-order valence-corrected chi connectivity index (χ4v) is 7.88. The summed E-state index contributed by atoms with van der Waals surface area (Å²) >= 11 is 1.60. The van der Waals surface area contributed by atoms with Gasteiger partial charge in [-0.3, -0.25) is 4.79 Å². The van der Waals surface area contributed by atoms with Gasteiger partial charge >= 0.3 is 5.97 Å². The SMILES string of the molecule is CC(C)c1ccc(C[C@H](NC(=O)c2cc3ccc(OC4CCC(C(C)(C)C)CC4)cc3c(CC3CCCC3)n2)C(=O)O)s1. The Hall–Kier alpha value is -2.93. The van der Waals surface area contributed by atoms with Crippen molar-refractivity contribution in [3.8, 4) is 5.75 Å². The Bertz CT molecular complexity index is 1420. The van der Waals surface area contributed by atoms with Crippen molar-refractivity contribution in [3.63, 3.8) is 0 Å². The van der Waals surface area contributed by atoms with Crippen LogP contribution >= 0.6 is 11.3 Å². The van der Waals surface area contributed by atoms with Crippen molar-refractivity contribution in [1.29, 1.82) is 0 Å². The fraction of sp³-hybridized carbons (Fsp3) is 0.583. The molecular formula is C36H48N2O4S. The Labute approximate surface area is 260 Å². The number of benzene rings is 1. The molecule has 5 rings (SSSR count). The molecule has 1 atom stereocenters. The van der Waals surface area contributed by atoms with Crippen LogP contribution in [0, 0.1) is 17.3 Å². The van der Waals surface area contributed by atoms with Gasteiger partial charge in [0.25, 0.3) is 5.91 Å². The smallest absolute Gasteiger partial charge is 0.326 e. The molecule has 6 nitrogen and oxygen atoms in total. The summed E-state index contributed by atoms with van der Waals surface area (Å²) in [5, 5.41) is 14.7. The van der Waals surface area contributed by atoms with Crippen molar-refractivity contribution < 1.29 is 19.4 Å². The summed E-state index contributed by atoms with van der Waals surface area (Å²) in [6, 6.07) is 10.9. The molecule has 0 saturated heterocycles. The second kappa shape index (κ2) is 13.4. The summed E-state index contributed by atoms with van der Waals surface area (Å²) in [5.74, 6) is 1.04. The van der Waals surface area contributed by atoms with Crippen LogP contribution in [0.5, 0.6) is 5.75 Å². The summed E-state index contributed by atoms with van der Waals surface area (Å²) in [4.78, 5) is 32.6. The number of carbonyl (C=O) groups is 2. The van der Waals surface area contributed by atoms with E-state index in [2.05, 4.69) is 46.0 Å². The largest absolute Gasteiger partial charge is 0.490 e. The van der Waals surface area contributed by atoms with Gasteiger partial charge in [0.05, 0.1) is 6.10 Å². The fourth-order valence-electron chi connectivity index (χ4n) is 6.82. The second-order valence-electron chi connectivity index (χ2n) is 14.2. The number of hydrogen-bond acceptors (Lipinski definition) is 5. The molecule has 0 spiro atoms. The Morgan fingerprint density at radius 1 is 1.02 bits per heavy atom. The highest BCUT2D eigenvalue weighted by Gasteiger charge is 2.31. The number of carboxylic acid groups (broad SMARTS) is 1. The van der Waals surface area contributed by atoms with E-state index in [1.807, 2.05) is 24.3 Å².